The minimum atomic E-state index is -0.899. The van der Waals surface area contributed by atoms with Crippen LogP contribution in [0.25, 0.3) is 0 Å². The highest BCUT2D eigenvalue weighted by atomic mass is 35.5. The Morgan fingerprint density at radius 3 is 2.50 bits per heavy atom. The molecule has 88 valence electrons. The number of benzene rings is 1. The van der Waals surface area contributed by atoms with Gasteiger partial charge in [-0.15, -0.1) is 0 Å². The lowest BCUT2D eigenvalue weighted by atomic mass is 9.93. The van der Waals surface area contributed by atoms with E-state index in [-0.39, 0.29) is 18.9 Å². The molecule has 0 saturated heterocycles. The van der Waals surface area contributed by atoms with Gasteiger partial charge in [0.25, 0.3) is 0 Å². The molecule has 0 aliphatic rings. The van der Waals surface area contributed by atoms with Gasteiger partial charge in [0.1, 0.15) is 0 Å². The Bertz CT molecular complexity index is 379. The second-order valence-corrected chi connectivity index (χ2v) is 4.30. The van der Waals surface area contributed by atoms with E-state index >= 15 is 0 Å². The normalized spacial score (nSPS) is 12.4. The Labute approximate surface area is 104 Å². The van der Waals surface area contributed by atoms with Gasteiger partial charge in [0.15, 0.2) is 0 Å². The van der Waals surface area contributed by atoms with E-state index in [1.54, 1.807) is 18.2 Å². The number of rotatable bonds is 5. The summed E-state index contributed by atoms with van der Waals surface area (Å²) in [5.41, 5.74) is 0.783. The number of carboxylic acid groups (broad SMARTS) is 1. The fourth-order valence-electron chi connectivity index (χ4n) is 1.52. The van der Waals surface area contributed by atoms with Gasteiger partial charge in [-0.1, -0.05) is 29.3 Å². The highest BCUT2D eigenvalue weighted by Gasteiger charge is 2.16. The molecule has 2 N–H and O–H groups in total. The summed E-state index contributed by atoms with van der Waals surface area (Å²) in [5, 5.41) is 18.5. The molecule has 0 aromatic heterocycles. The molecule has 0 radical (unpaired) electrons. The monoisotopic (exact) mass is 262 g/mol. The Kier molecular flexibility index (Phi) is 5.06. The van der Waals surface area contributed by atoms with Crippen LogP contribution < -0.4 is 0 Å². The van der Waals surface area contributed by atoms with Crippen molar-refractivity contribution in [1.29, 1.82) is 0 Å². The lowest BCUT2D eigenvalue weighted by Crippen LogP contribution is -2.08. The molecule has 0 spiro atoms. The predicted molar refractivity (Wildman–Crippen MR) is 63.2 cm³/mol. The smallest absolute Gasteiger partial charge is 0.303 e. The zero-order valence-corrected chi connectivity index (χ0v) is 10.0. The molecule has 0 saturated carbocycles. The van der Waals surface area contributed by atoms with Crippen molar-refractivity contribution >= 4 is 29.2 Å². The molecule has 1 atom stereocenters. The predicted octanol–water partition coefficient (Wildman–Crippen LogP) is 2.93. The maximum absolute atomic E-state index is 10.7. The maximum atomic E-state index is 10.7. The second-order valence-electron chi connectivity index (χ2n) is 3.48. The summed E-state index contributed by atoms with van der Waals surface area (Å²) in [6.45, 7) is -0.0573. The molecular formula is C11H12Cl2O3. The average Bonchev–Trinajstić information content (AvgIpc) is 2.21. The number of aliphatic hydroxyl groups excluding tert-OH is 1. The van der Waals surface area contributed by atoms with E-state index < -0.39 is 5.97 Å². The molecule has 0 heterocycles. The van der Waals surface area contributed by atoms with E-state index in [0.717, 1.165) is 5.56 Å². The van der Waals surface area contributed by atoms with Crippen LogP contribution in [-0.4, -0.2) is 22.8 Å². The lowest BCUT2D eigenvalue weighted by Gasteiger charge is -2.14. The molecular weight excluding hydrogens is 251 g/mol. The minimum Gasteiger partial charge on any atom is -0.481 e. The Balaban J connectivity index is 2.91. The molecule has 5 heteroatoms. The van der Waals surface area contributed by atoms with Gasteiger partial charge in [0.05, 0.1) is 16.5 Å². The maximum Gasteiger partial charge on any atom is 0.303 e. The van der Waals surface area contributed by atoms with E-state index in [2.05, 4.69) is 0 Å². The van der Waals surface area contributed by atoms with Gasteiger partial charge in [-0.25, -0.2) is 0 Å². The topological polar surface area (TPSA) is 57.5 Å². The molecule has 1 rings (SSSR count). The number of halogens is 2. The van der Waals surface area contributed by atoms with Crippen molar-refractivity contribution in [2.24, 2.45) is 0 Å². The van der Waals surface area contributed by atoms with Crippen molar-refractivity contribution in [2.75, 3.05) is 6.61 Å². The highest BCUT2D eigenvalue weighted by molar-refractivity contribution is 6.42. The van der Waals surface area contributed by atoms with E-state index in [0.29, 0.717) is 16.5 Å². The summed E-state index contributed by atoms with van der Waals surface area (Å²) in [6, 6.07) is 5.01. The Hall–Kier alpha value is -0.770. The fourth-order valence-corrected chi connectivity index (χ4v) is 1.83. The van der Waals surface area contributed by atoms with Gasteiger partial charge >= 0.3 is 5.97 Å². The van der Waals surface area contributed by atoms with Crippen molar-refractivity contribution in [1.82, 2.24) is 0 Å². The van der Waals surface area contributed by atoms with Crippen LogP contribution in [0.2, 0.25) is 10.0 Å². The van der Waals surface area contributed by atoms with Crippen LogP contribution in [0.3, 0.4) is 0 Å². The Morgan fingerprint density at radius 2 is 2.00 bits per heavy atom. The number of hydrogen-bond donors (Lipinski definition) is 2. The summed E-state index contributed by atoms with van der Waals surface area (Å²) in [5.74, 6) is -1.14. The van der Waals surface area contributed by atoms with Crippen LogP contribution >= 0.6 is 23.2 Å². The van der Waals surface area contributed by atoms with E-state index in [4.69, 9.17) is 33.4 Å². The van der Waals surface area contributed by atoms with E-state index in [1.165, 1.54) is 0 Å². The zero-order valence-electron chi connectivity index (χ0n) is 8.49. The summed E-state index contributed by atoms with van der Waals surface area (Å²) in [4.78, 5) is 10.7. The summed E-state index contributed by atoms with van der Waals surface area (Å²) in [7, 11) is 0. The van der Waals surface area contributed by atoms with Crippen molar-refractivity contribution < 1.29 is 15.0 Å². The number of carbonyl (C=O) groups is 1. The van der Waals surface area contributed by atoms with E-state index in [9.17, 15) is 4.79 Å². The van der Waals surface area contributed by atoms with Gasteiger partial charge in [-0.3, -0.25) is 4.79 Å². The zero-order chi connectivity index (χ0) is 12.1. The van der Waals surface area contributed by atoms with Crippen molar-refractivity contribution in [3.63, 3.8) is 0 Å². The third kappa shape index (κ3) is 3.67. The van der Waals surface area contributed by atoms with Gasteiger partial charge in [0, 0.05) is 6.61 Å². The largest absolute Gasteiger partial charge is 0.481 e. The van der Waals surface area contributed by atoms with Crippen molar-refractivity contribution in [3.05, 3.63) is 33.8 Å². The first kappa shape index (κ1) is 13.3. The van der Waals surface area contributed by atoms with Crippen molar-refractivity contribution in [2.45, 2.75) is 18.8 Å². The number of aliphatic carboxylic acids is 1. The molecule has 0 amide bonds. The van der Waals surface area contributed by atoms with Gasteiger partial charge in [0.2, 0.25) is 0 Å². The van der Waals surface area contributed by atoms with Crippen LogP contribution in [0.1, 0.15) is 24.3 Å². The average molecular weight is 263 g/mol. The lowest BCUT2D eigenvalue weighted by molar-refractivity contribution is -0.137. The molecule has 3 nitrogen and oxygen atoms in total. The molecule has 1 unspecified atom stereocenters. The van der Waals surface area contributed by atoms with Crippen LogP contribution in [0.15, 0.2) is 18.2 Å². The number of hydrogen-bond acceptors (Lipinski definition) is 2. The number of carboxylic acids is 1. The second kappa shape index (κ2) is 6.09. The first-order chi connectivity index (χ1) is 7.54. The highest BCUT2D eigenvalue weighted by Crippen LogP contribution is 2.29. The third-order valence-electron chi connectivity index (χ3n) is 2.31. The standard InChI is InChI=1S/C11H12Cl2O3/c12-9-2-1-7(5-10(9)13)8(3-4-14)6-11(15)16/h1-2,5,8,14H,3-4,6H2,(H,15,16). The van der Waals surface area contributed by atoms with E-state index in [1.807, 2.05) is 0 Å². The summed E-state index contributed by atoms with van der Waals surface area (Å²) < 4.78 is 0. The van der Waals surface area contributed by atoms with Gasteiger partial charge in [-0.05, 0) is 30.0 Å². The van der Waals surface area contributed by atoms with Crippen molar-refractivity contribution in [3.8, 4) is 0 Å². The minimum absolute atomic E-state index is 0.0292. The van der Waals surface area contributed by atoms with Crippen LogP contribution in [-0.2, 0) is 4.79 Å². The quantitative estimate of drug-likeness (QED) is 0.858. The van der Waals surface area contributed by atoms with Crippen LogP contribution in [0, 0.1) is 0 Å². The first-order valence-electron chi connectivity index (χ1n) is 4.82. The molecule has 0 fully saturated rings. The molecule has 0 aliphatic heterocycles. The molecule has 0 aliphatic carbocycles. The summed E-state index contributed by atoms with van der Waals surface area (Å²) in [6.07, 6.45) is 0.364. The molecule has 1 aromatic carbocycles. The SMILES string of the molecule is O=C(O)CC(CCO)c1ccc(Cl)c(Cl)c1. The first-order valence-corrected chi connectivity index (χ1v) is 5.57. The van der Waals surface area contributed by atoms with Crippen LogP contribution in [0.5, 0.6) is 0 Å². The molecule has 0 bridgehead atoms. The van der Waals surface area contributed by atoms with Gasteiger partial charge < -0.3 is 10.2 Å². The van der Waals surface area contributed by atoms with Crippen LogP contribution in [0.4, 0.5) is 0 Å². The molecule has 16 heavy (non-hydrogen) atoms. The van der Waals surface area contributed by atoms with Gasteiger partial charge in [-0.2, -0.15) is 0 Å². The Morgan fingerprint density at radius 1 is 1.31 bits per heavy atom. The number of aliphatic hydroxyl groups is 1. The third-order valence-corrected chi connectivity index (χ3v) is 3.05. The fraction of sp³-hybridized carbons (Fsp3) is 0.364. The summed E-state index contributed by atoms with van der Waals surface area (Å²) >= 11 is 11.6. The molecule has 1 aromatic rings.